The summed E-state index contributed by atoms with van der Waals surface area (Å²) < 4.78 is 32.5. The van der Waals surface area contributed by atoms with E-state index in [1.54, 1.807) is 0 Å². The normalized spacial score (nSPS) is 13.1. The third-order valence-corrected chi connectivity index (χ3v) is 6.28. The molecule has 6 nitrogen and oxygen atoms in total. The first kappa shape index (κ1) is 26.1. The molecule has 0 saturated heterocycles. The van der Waals surface area contributed by atoms with Gasteiger partial charge in [-0.2, -0.15) is 0 Å². The predicted octanol–water partition coefficient (Wildman–Crippen LogP) is 5.60. The van der Waals surface area contributed by atoms with Crippen LogP contribution in [-0.2, 0) is 27.7 Å². The van der Waals surface area contributed by atoms with Crippen molar-refractivity contribution in [1.82, 2.24) is 0 Å². The van der Waals surface area contributed by atoms with Crippen molar-refractivity contribution in [3.8, 4) is 0 Å². The van der Waals surface area contributed by atoms with Crippen LogP contribution in [-0.4, -0.2) is 44.4 Å². The lowest BCUT2D eigenvalue weighted by Crippen LogP contribution is -2.21. The zero-order valence-corrected chi connectivity index (χ0v) is 18.6. The molecule has 0 aromatic carbocycles. The molecule has 0 aromatic heterocycles. The summed E-state index contributed by atoms with van der Waals surface area (Å²) in [6, 6.07) is 0. The Balaban J connectivity index is 4.32. The second kappa shape index (κ2) is 17.2. The van der Waals surface area contributed by atoms with Gasteiger partial charge in [0.05, 0.1) is 18.5 Å². The first-order valence-electron chi connectivity index (χ1n) is 9.64. The van der Waals surface area contributed by atoms with Crippen LogP contribution in [0.25, 0.3) is 0 Å². The van der Waals surface area contributed by atoms with Gasteiger partial charge in [0.2, 0.25) is 0 Å². The fourth-order valence-corrected chi connectivity index (χ4v) is 4.01. The minimum atomic E-state index is -3.54. The Bertz CT molecular complexity index is 386. The number of thioether (sulfide) groups is 1. The second-order valence-electron chi connectivity index (χ2n) is 6.17. The monoisotopic (exact) mass is 412 g/mol. The number of ether oxygens (including phenoxy) is 1. The van der Waals surface area contributed by atoms with Crippen LogP contribution >= 0.6 is 19.6 Å². The molecule has 0 aliphatic rings. The number of unbranched alkanes of at least 4 members (excludes halogenated alkanes) is 6. The number of hydrogen-bond acceptors (Lipinski definition) is 7. The molecule has 0 aliphatic carbocycles. The first-order valence-corrected chi connectivity index (χ1v) is 12.0. The Kier molecular flexibility index (Phi) is 17.3. The molecule has 0 spiro atoms. The van der Waals surface area contributed by atoms with E-state index < -0.39 is 7.82 Å². The highest BCUT2D eigenvalue weighted by Crippen LogP contribution is 2.47. The van der Waals surface area contributed by atoms with E-state index in [0.29, 0.717) is 19.6 Å². The smallest absolute Gasteiger partial charge is 0.380 e. The van der Waals surface area contributed by atoms with Gasteiger partial charge in [-0.1, -0.05) is 64.1 Å². The quantitative estimate of drug-likeness (QED) is 0.214. The van der Waals surface area contributed by atoms with E-state index in [9.17, 15) is 9.36 Å². The van der Waals surface area contributed by atoms with Crippen LogP contribution in [0, 0.1) is 0 Å². The minimum absolute atomic E-state index is 0.0823. The van der Waals surface area contributed by atoms with Crippen LogP contribution in [0.4, 0.5) is 0 Å². The number of hydrogen-bond donors (Lipinski definition) is 0. The molecule has 0 amide bonds. The summed E-state index contributed by atoms with van der Waals surface area (Å²) in [5.41, 5.74) is 0. The summed E-state index contributed by atoms with van der Waals surface area (Å²) in [4.78, 5) is 12.2. The zero-order chi connectivity index (χ0) is 19.7. The highest BCUT2D eigenvalue weighted by atomic mass is 32.2. The average molecular weight is 413 g/mol. The maximum Gasteiger partial charge on any atom is 0.474 e. The summed E-state index contributed by atoms with van der Waals surface area (Å²) in [6.45, 7) is 5.42. The van der Waals surface area contributed by atoms with Crippen LogP contribution in [0.3, 0.4) is 0 Å². The Morgan fingerprint density at radius 3 is 2.15 bits per heavy atom. The number of rotatable bonds is 18. The Morgan fingerprint density at radius 1 is 0.923 bits per heavy atom. The summed E-state index contributed by atoms with van der Waals surface area (Å²) in [6.07, 6.45) is 9.36. The van der Waals surface area contributed by atoms with Gasteiger partial charge in [0, 0.05) is 27.2 Å². The fourth-order valence-electron chi connectivity index (χ4n) is 2.26. The summed E-state index contributed by atoms with van der Waals surface area (Å²) >= 11 is 1.21. The van der Waals surface area contributed by atoms with Gasteiger partial charge in [-0.3, -0.25) is 18.4 Å². The highest BCUT2D eigenvalue weighted by Gasteiger charge is 2.26. The van der Waals surface area contributed by atoms with Crippen molar-refractivity contribution in [3.05, 3.63) is 0 Å². The van der Waals surface area contributed by atoms with Gasteiger partial charge >= 0.3 is 7.82 Å². The van der Waals surface area contributed by atoms with E-state index in [0.717, 1.165) is 32.1 Å². The highest BCUT2D eigenvalue weighted by molar-refractivity contribution is 8.14. The number of phosphoric acid groups is 1. The molecule has 8 heteroatoms. The predicted molar refractivity (Wildman–Crippen MR) is 108 cm³/mol. The summed E-state index contributed by atoms with van der Waals surface area (Å²) in [5, 5.41) is -0.102. The largest absolute Gasteiger partial charge is 0.474 e. The molecule has 0 saturated carbocycles. The topological polar surface area (TPSA) is 71.1 Å². The van der Waals surface area contributed by atoms with Crippen molar-refractivity contribution in [2.45, 2.75) is 76.9 Å². The first-order chi connectivity index (χ1) is 12.5. The van der Waals surface area contributed by atoms with Gasteiger partial charge in [-0.15, -0.1) is 0 Å². The molecule has 0 radical (unpaired) electrons. The van der Waals surface area contributed by atoms with E-state index in [-0.39, 0.29) is 17.0 Å². The molecule has 26 heavy (non-hydrogen) atoms. The third-order valence-electron chi connectivity index (χ3n) is 3.84. The van der Waals surface area contributed by atoms with Gasteiger partial charge in [-0.05, 0) is 12.8 Å². The van der Waals surface area contributed by atoms with E-state index in [1.165, 1.54) is 45.2 Å². The fraction of sp³-hybridized carbons (Fsp3) is 0.944. The molecule has 0 aliphatic heterocycles. The molecule has 0 fully saturated rings. The van der Waals surface area contributed by atoms with E-state index >= 15 is 0 Å². The Labute approximate surface area is 163 Å². The van der Waals surface area contributed by atoms with Gasteiger partial charge in [-0.25, -0.2) is 4.57 Å². The molecule has 0 bridgehead atoms. The van der Waals surface area contributed by atoms with Crippen LogP contribution in [0.1, 0.15) is 71.6 Å². The number of carbonyl (C=O) groups is 1. The van der Waals surface area contributed by atoms with Crippen molar-refractivity contribution in [3.63, 3.8) is 0 Å². The lowest BCUT2D eigenvalue weighted by molar-refractivity contribution is -0.111. The summed E-state index contributed by atoms with van der Waals surface area (Å²) in [7, 11) is -0.996. The minimum Gasteiger partial charge on any atom is -0.380 e. The van der Waals surface area contributed by atoms with E-state index in [2.05, 4.69) is 13.8 Å². The number of phosphoric ester groups is 1. The van der Waals surface area contributed by atoms with Crippen LogP contribution in [0.2, 0.25) is 0 Å². The van der Waals surface area contributed by atoms with Crippen LogP contribution in [0.5, 0.6) is 0 Å². The lowest BCUT2D eigenvalue weighted by Gasteiger charge is -2.19. The molecule has 1 atom stereocenters. The maximum absolute atomic E-state index is 12.2. The molecule has 0 unspecified atom stereocenters. The molecular weight excluding hydrogens is 375 g/mol. The van der Waals surface area contributed by atoms with Crippen molar-refractivity contribution >= 4 is 24.7 Å². The lowest BCUT2D eigenvalue weighted by atomic mass is 10.1. The van der Waals surface area contributed by atoms with Gasteiger partial charge in [0.1, 0.15) is 0 Å². The van der Waals surface area contributed by atoms with Crippen LogP contribution in [0.15, 0.2) is 0 Å². The Morgan fingerprint density at radius 2 is 1.54 bits per heavy atom. The molecule has 156 valence electrons. The second-order valence-corrected chi connectivity index (χ2v) is 9.41. The summed E-state index contributed by atoms with van der Waals surface area (Å²) in [5.74, 6) is 0. The van der Waals surface area contributed by atoms with Crippen molar-refractivity contribution in [1.29, 1.82) is 0 Å². The Hall–Kier alpha value is 0.0900. The van der Waals surface area contributed by atoms with Crippen molar-refractivity contribution in [2.75, 3.05) is 34.0 Å². The average Bonchev–Trinajstić information content (AvgIpc) is 2.65. The molecule has 0 aromatic rings. The van der Waals surface area contributed by atoms with Crippen LogP contribution < -0.4 is 0 Å². The van der Waals surface area contributed by atoms with Gasteiger partial charge < -0.3 is 4.74 Å². The molecular formula is C18H37O6PS. The zero-order valence-electron chi connectivity index (χ0n) is 16.9. The van der Waals surface area contributed by atoms with Crippen molar-refractivity contribution < 1.29 is 27.7 Å². The van der Waals surface area contributed by atoms with Crippen molar-refractivity contribution in [2.24, 2.45) is 0 Å². The van der Waals surface area contributed by atoms with Gasteiger partial charge in [0.15, 0.2) is 5.12 Å². The standard InChI is InChI=1S/C18H37O6PS/c1-5-7-9-10-11-13-18(19)26-17(15-23-14-12-8-6-2)16-24-25(20,21-3)22-4/h17H,5-16H2,1-4H3/t17-/m1/s1. The third kappa shape index (κ3) is 14.2. The molecule has 0 rings (SSSR count). The van der Waals surface area contributed by atoms with E-state index in [4.69, 9.17) is 18.3 Å². The SMILES string of the molecule is CCCCCCCC(=O)S[C@H](COCCCCC)COP(=O)(OC)OC. The number of carbonyl (C=O) groups excluding carboxylic acids is 1. The molecule has 0 heterocycles. The van der Waals surface area contributed by atoms with Gasteiger partial charge in [0.25, 0.3) is 0 Å². The maximum atomic E-state index is 12.2. The molecule has 0 N–H and O–H groups in total. The van der Waals surface area contributed by atoms with E-state index in [1.807, 2.05) is 0 Å².